The summed E-state index contributed by atoms with van der Waals surface area (Å²) in [5.41, 5.74) is 1.09. The molecule has 1 N–H and O–H groups in total. The van der Waals surface area contributed by atoms with Crippen LogP contribution in [0.1, 0.15) is 35.4 Å². The molecule has 1 aliphatic rings. The fraction of sp³-hybridized carbons (Fsp3) is 0.364. The number of hydrogen-bond acceptors (Lipinski definition) is 5. The van der Waals surface area contributed by atoms with Gasteiger partial charge in [0, 0.05) is 18.1 Å². The Morgan fingerprint density at radius 2 is 1.91 bits per heavy atom. The Hall–Kier alpha value is -2.59. The van der Waals surface area contributed by atoms with E-state index in [4.69, 9.17) is 16.0 Å². The van der Waals surface area contributed by atoms with Crippen LogP contribution in [0, 0.1) is 5.92 Å². The highest BCUT2D eigenvalue weighted by atomic mass is 35.5. The second-order valence-corrected chi connectivity index (χ2v) is 10.7. The van der Waals surface area contributed by atoms with Crippen LogP contribution in [0.15, 0.2) is 58.1 Å². The summed E-state index contributed by atoms with van der Waals surface area (Å²) in [4.78, 5) is 16.2. The molecule has 176 valence electrons. The number of amides is 1. The molecular weight excluding hydrogens is 481 g/mol. The van der Waals surface area contributed by atoms with Crippen LogP contribution in [0.25, 0.3) is 11.0 Å². The van der Waals surface area contributed by atoms with E-state index in [0.29, 0.717) is 11.1 Å². The van der Waals surface area contributed by atoms with E-state index in [2.05, 4.69) is 10.3 Å². The quantitative estimate of drug-likeness (QED) is 0.505. The molecule has 0 bridgehead atoms. The number of nitrogens with zero attached hydrogens (tertiary/aromatic N) is 1. The van der Waals surface area contributed by atoms with Crippen LogP contribution in [-0.4, -0.2) is 36.1 Å². The van der Waals surface area contributed by atoms with Crippen molar-refractivity contribution in [2.24, 2.45) is 5.92 Å². The molecule has 2 heterocycles. The molecule has 0 saturated heterocycles. The second kappa shape index (κ2) is 8.98. The standard InChI is InChI=1S/C22H20ClF3N2O4S/c23-17-6-3-15(22(24,25)26)10-20(17)33(30,31)16-4-1-13(2-5-16)11-28-21(29)18-9-14-7-8-27-12-19(14)32-18/h1-2,4-5,7-9,12,15,17,20H,3,6,10-11H2,(H,28,29). The van der Waals surface area contributed by atoms with E-state index in [-0.39, 0.29) is 30.0 Å². The van der Waals surface area contributed by atoms with Crippen molar-refractivity contribution in [3.05, 3.63) is 60.1 Å². The molecule has 0 radical (unpaired) electrons. The smallest absolute Gasteiger partial charge is 0.391 e. The zero-order chi connectivity index (χ0) is 23.8. The first-order valence-electron chi connectivity index (χ1n) is 10.2. The van der Waals surface area contributed by atoms with Crippen LogP contribution < -0.4 is 5.32 Å². The predicted octanol–water partition coefficient (Wildman–Crippen LogP) is 4.87. The third-order valence-corrected chi connectivity index (χ3v) is 8.74. The molecule has 6 nitrogen and oxygen atoms in total. The molecule has 4 rings (SSSR count). The van der Waals surface area contributed by atoms with Gasteiger partial charge in [0.2, 0.25) is 0 Å². The number of alkyl halides is 4. The van der Waals surface area contributed by atoms with E-state index in [0.717, 1.165) is 5.39 Å². The minimum Gasteiger partial charge on any atom is -0.449 e. The van der Waals surface area contributed by atoms with E-state index < -0.39 is 44.9 Å². The molecule has 1 amide bonds. The Morgan fingerprint density at radius 1 is 1.18 bits per heavy atom. The first kappa shape index (κ1) is 23.6. The largest absolute Gasteiger partial charge is 0.449 e. The van der Waals surface area contributed by atoms with Crippen LogP contribution in [0.3, 0.4) is 0 Å². The molecule has 1 fully saturated rings. The van der Waals surface area contributed by atoms with Gasteiger partial charge in [0.1, 0.15) is 0 Å². The summed E-state index contributed by atoms with van der Waals surface area (Å²) in [5.74, 6) is -2.02. The van der Waals surface area contributed by atoms with Crippen molar-refractivity contribution >= 4 is 38.3 Å². The maximum Gasteiger partial charge on any atom is 0.391 e. The third-order valence-electron chi connectivity index (χ3n) is 5.82. The molecule has 1 saturated carbocycles. The van der Waals surface area contributed by atoms with Gasteiger partial charge in [-0.05, 0) is 49.1 Å². The molecule has 3 atom stereocenters. The summed E-state index contributed by atoms with van der Waals surface area (Å²) < 4.78 is 70.8. The zero-order valence-electron chi connectivity index (χ0n) is 17.2. The number of carbonyl (C=O) groups is 1. The molecule has 1 aromatic carbocycles. The van der Waals surface area contributed by atoms with Gasteiger partial charge >= 0.3 is 6.18 Å². The van der Waals surface area contributed by atoms with Crippen molar-refractivity contribution in [1.82, 2.24) is 10.3 Å². The minimum absolute atomic E-state index is 0.0163. The normalized spacial score (nSPS) is 21.8. The first-order chi connectivity index (χ1) is 15.6. The van der Waals surface area contributed by atoms with Gasteiger partial charge in [0.25, 0.3) is 5.91 Å². The molecule has 3 aromatic rings. The highest BCUT2D eigenvalue weighted by Gasteiger charge is 2.48. The third kappa shape index (κ3) is 5.01. The number of furan rings is 1. The van der Waals surface area contributed by atoms with Gasteiger partial charge in [-0.25, -0.2) is 8.42 Å². The highest BCUT2D eigenvalue weighted by Crippen LogP contribution is 2.42. The lowest BCUT2D eigenvalue weighted by atomic mass is 9.88. The van der Waals surface area contributed by atoms with Gasteiger partial charge in [-0.3, -0.25) is 9.78 Å². The number of fused-ring (bicyclic) bond motifs is 1. The Balaban J connectivity index is 1.43. The van der Waals surface area contributed by atoms with E-state index in [1.54, 1.807) is 18.3 Å². The van der Waals surface area contributed by atoms with E-state index in [1.807, 2.05) is 0 Å². The summed E-state index contributed by atoms with van der Waals surface area (Å²) in [6.45, 7) is 0.103. The molecule has 0 spiro atoms. The fourth-order valence-electron chi connectivity index (χ4n) is 3.95. The van der Waals surface area contributed by atoms with Crippen molar-refractivity contribution in [2.75, 3.05) is 0 Å². The molecule has 11 heteroatoms. The SMILES string of the molecule is O=C(NCc1ccc(S(=O)(=O)C2CC(C(F)(F)F)CCC2Cl)cc1)c1cc2ccncc2o1. The van der Waals surface area contributed by atoms with E-state index in [1.165, 1.54) is 30.5 Å². The number of benzene rings is 1. The van der Waals surface area contributed by atoms with Gasteiger partial charge in [-0.1, -0.05) is 12.1 Å². The molecule has 1 aliphatic carbocycles. The van der Waals surface area contributed by atoms with Crippen molar-refractivity contribution in [3.8, 4) is 0 Å². The van der Waals surface area contributed by atoms with Crippen molar-refractivity contribution in [3.63, 3.8) is 0 Å². The lowest BCUT2D eigenvalue weighted by molar-refractivity contribution is -0.181. The molecule has 2 aromatic heterocycles. The highest BCUT2D eigenvalue weighted by molar-refractivity contribution is 7.92. The summed E-state index contributed by atoms with van der Waals surface area (Å²) >= 11 is 6.13. The summed E-state index contributed by atoms with van der Waals surface area (Å²) in [5, 5.41) is 1.22. The van der Waals surface area contributed by atoms with Crippen LogP contribution in [0.2, 0.25) is 0 Å². The van der Waals surface area contributed by atoms with Crippen molar-refractivity contribution < 1.29 is 30.8 Å². The Morgan fingerprint density at radius 3 is 2.58 bits per heavy atom. The number of rotatable bonds is 5. The summed E-state index contributed by atoms with van der Waals surface area (Å²) in [6.07, 6.45) is -2.12. The number of hydrogen-bond donors (Lipinski definition) is 1. The number of nitrogens with one attached hydrogen (secondary N) is 1. The number of aromatic nitrogens is 1. The average Bonchev–Trinajstić information content (AvgIpc) is 3.21. The van der Waals surface area contributed by atoms with Gasteiger partial charge in [0.05, 0.1) is 27.6 Å². The van der Waals surface area contributed by atoms with Crippen LogP contribution in [0.5, 0.6) is 0 Å². The monoisotopic (exact) mass is 500 g/mol. The van der Waals surface area contributed by atoms with E-state index in [9.17, 15) is 26.4 Å². The van der Waals surface area contributed by atoms with Crippen molar-refractivity contribution in [1.29, 1.82) is 0 Å². The van der Waals surface area contributed by atoms with Gasteiger partial charge < -0.3 is 9.73 Å². The Bertz CT molecular complexity index is 1230. The minimum atomic E-state index is -4.46. The molecular formula is C22H20ClF3N2O4S. The van der Waals surface area contributed by atoms with Gasteiger partial charge in [0.15, 0.2) is 21.2 Å². The lowest BCUT2D eigenvalue weighted by Gasteiger charge is -2.33. The molecule has 33 heavy (non-hydrogen) atoms. The lowest BCUT2D eigenvalue weighted by Crippen LogP contribution is -2.41. The zero-order valence-corrected chi connectivity index (χ0v) is 18.8. The van der Waals surface area contributed by atoms with Crippen LogP contribution >= 0.6 is 11.6 Å². The fourth-order valence-corrected chi connectivity index (χ4v) is 6.46. The van der Waals surface area contributed by atoms with Gasteiger partial charge in [-0.2, -0.15) is 13.2 Å². The predicted molar refractivity (Wildman–Crippen MR) is 116 cm³/mol. The second-order valence-electron chi connectivity index (χ2n) is 8.00. The van der Waals surface area contributed by atoms with E-state index >= 15 is 0 Å². The number of pyridine rings is 1. The average molecular weight is 501 g/mol. The number of sulfone groups is 1. The van der Waals surface area contributed by atoms with Crippen molar-refractivity contribution in [2.45, 2.75) is 47.5 Å². The van der Waals surface area contributed by atoms with Gasteiger partial charge in [-0.15, -0.1) is 11.6 Å². The van der Waals surface area contributed by atoms with Crippen LogP contribution in [-0.2, 0) is 16.4 Å². The first-order valence-corrected chi connectivity index (χ1v) is 12.2. The number of halogens is 4. The summed E-state index contributed by atoms with van der Waals surface area (Å²) in [6, 6.07) is 8.95. The maximum atomic E-state index is 13.1. The number of carbonyl (C=O) groups excluding carboxylic acids is 1. The molecule has 3 unspecified atom stereocenters. The maximum absolute atomic E-state index is 13.1. The Labute approximate surface area is 193 Å². The Kier molecular flexibility index (Phi) is 6.41. The topological polar surface area (TPSA) is 89.3 Å². The summed E-state index contributed by atoms with van der Waals surface area (Å²) in [7, 11) is -4.05. The van der Waals surface area contributed by atoms with Crippen LogP contribution in [0.4, 0.5) is 13.2 Å². The molecule has 0 aliphatic heterocycles.